The smallest absolute Gasteiger partial charge is 0.238 e. The zero-order chi connectivity index (χ0) is 22.0. The molecule has 0 radical (unpaired) electrons. The lowest BCUT2D eigenvalue weighted by Crippen LogP contribution is -2.30. The molecule has 158 valence electrons. The first-order valence-electron chi connectivity index (χ1n) is 10.1. The van der Waals surface area contributed by atoms with Gasteiger partial charge in [0.15, 0.2) is 5.78 Å². The van der Waals surface area contributed by atoms with E-state index in [2.05, 4.69) is 5.32 Å². The Labute approximate surface area is 184 Å². The van der Waals surface area contributed by atoms with E-state index in [1.807, 2.05) is 24.3 Å². The molecule has 2 atom stereocenters. The van der Waals surface area contributed by atoms with Gasteiger partial charge in [0.25, 0.3) is 0 Å². The van der Waals surface area contributed by atoms with Crippen LogP contribution in [0.3, 0.4) is 0 Å². The molecule has 6 nitrogen and oxygen atoms in total. The fourth-order valence-electron chi connectivity index (χ4n) is 3.88. The minimum atomic E-state index is -0.250. The average molecular weight is 435 g/mol. The maximum Gasteiger partial charge on any atom is 0.238 e. The molecule has 2 aliphatic rings. The van der Waals surface area contributed by atoms with Gasteiger partial charge in [-0.25, -0.2) is 0 Å². The second kappa shape index (κ2) is 8.89. The molecule has 1 heterocycles. The first kappa shape index (κ1) is 21.1. The van der Waals surface area contributed by atoms with Crippen LogP contribution in [0, 0.1) is 11.8 Å². The van der Waals surface area contributed by atoms with Crippen molar-refractivity contribution >= 4 is 46.6 Å². The molecule has 1 aliphatic carbocycles. The van der Waals surface area contributed by atoms with Crippen LogP contribution in [0.25, 0.3) is 0 Å². The van der Waals surface area contributed by atoms with Crippen molar-refractivity contribution in [2.24, 2.45) is 11.8 Å². The number of carbonyl (C=O) groups excluding carboxylic acids is 4. The third-order valence-corrected chi connectivity index (χ3v) is 6.56. The van der Waals surface area contributed by atoms with E-state index < -0.39 is 0 Å². The van der Waals surface area contributed by atoms with Gasteiger partial charge in [0, 0.05) is 16.1 Å². The zero-order valence-corrected chi connectivity index (χ0v) is 17.9. The number of carbonyl (C=O) groups is 4. The summed E-state index contributed by atoms with van der Waals surface area (Å²) in [6.45, 7) is 1.50. The number of ketones is 1. The number of thioether (sulfide) groups is 1. The second-order valence-electron chi connectivity index (χ2n) is 7.63. The van der Waals surface area contributed by atoms with Crippen LogP contribution < -0.4 is 10.2 Å². The molecule has 0 saturated carbocycles. The first-order chi connectivity index (χ1) is 14.9. The molecule has 0 spiro atoms. The van der Waals surface area contributed by atoms with E-state index in [1.54, 1.807) is 36.4 Å². The summed E-state index contributed by atoms with van der Waals surface area (Å²) in [6.07, 6.45) is 5.18. The third-order valence-electron chi connectivity index (χ3n) is 5.55. The number of benzene rings is 2. The lowest BCUT2D eigenvalue weighted by atomic mass is 9.85. The number of imide groups is 1. The van der Waals surface area contributed by atoms with Gasteiger partial charge in [0.2, 0.25) is 17.7 Å². The topological polar surface area (TPSA) is 83.6 Å². The van der Waals surface area contributed by atoms with Crippen molar-refractivity contribution < 1.29 is 19.2 Å². The van der Waals surface area contributed by atoms with Crippen LogP contribution >= 0.6 is 11.8 Å². The Morgan fingerprint density at radius 3 is 2.06 bits per heavy atom. The number of nitrogens with zero attached hydrogens (tertiary/aromatic N) is 1. The van der Waals surface area contributed by atoms with E-state index in [-0.39, 0.29) is 41.1 Å². The summed E-state index contributed by atoms with van der Waals surface area (Å²) in [4.78, 5) is 51.0. The number of Topliss-reactive ketones (excluding diaryl/α,β-unsaturated/α-hetero) is 1. The summed E-state index contributed by atoms with van der Waals surface area (Å²) >= 11 is 1.36. The zero-order valence-electron chi connectivity index (χ0n) is 17.0. The molecule has 0 bridgehead atoms. The molecule has 1 saturated heterocycles. The van der Waals surface area contributed by atoms with Crippen molar-refractivity contribution in [1.82, 2.24) is 0 Å². The average Bonchev–Trinajstić information content (AvgIpc) is 3.03. The van der Waals surface area contributed by atoms with Crippen LogP contribution in [0.5, 0.6) is 0 Å². The summed E-state index contributed by atoms with van der Waals surface area (Å²) in [6, 6.07) is 13.9. The van der Waals surface area contributed by atoms with Gasteiger partial charge in [0.05, 0.1) is 23.3 Å². The van der Waals surface area contributed by atoms with Gasteiger partial charge in [-0.2, -0.15) is 0 Å². The van der Waals surface area contributed by atoms with Crippen molar-refractivity contribution in [3.63, 3.8) is 0 Å². The molecule has 3 amide bonds. The lowest BCUT2D eigenvalue weighted by Gasteiger charge is -2.15. The molecular weight excluding hydrogens is 412 g/mol. The number of rotatable bonds is 6. The number of hydrogen-bond donors (Lipinski definition) is 1. The fraction of sp³-hybridized carbons (Fsp3) is 0.250. The number of allylic oxidation sites excluding steroid dienone is 2. The molecule has 31 heavy (non-hydrogen) atoms. The highest BCUT2D eigenvalue weighted by Crippen LogP contribution is 2.38. The van der Waals surface area contributed by atoms with Gasteiger partial charge in [-0.15, -0.1) is 11.8 Å². The summed E-state index contributed by atoms with van der Waals surface area (Å²) in [7, 11) is 0. The Balaban J connectivity index is 1.33. The summed E-state index contributed by atoms with van der Waals surface area (Å²) < 4.78 is 0. The maximum absolute atomic E-state index is 12.7. The van der Waals surface area contributed by atoms with Gasteiger partial charge in [-0.05, 0) is 68.3 Å². The van der Waals surface area contributed by atoms with Crippen molar-refractivity contribution in [2.75, 3.05) is 16.0 Å². The van der Waals surface area contributed by atoms with Crippen LogP contribution in [-0.2, 0) is 14.4 Å². The lowest BCUT2D eigenvalue weighted by molar-refractivity contribution is -0.122. The van der Waals surface area contributed by atoms with Crippen molar-refractivity contribution in [3.8, 4) is 0 Å². The molecule has 2 aromatic rings. The van der Waals surface area contributed by atoms with Gasteiger partial charge >= 0.3 is 0 Å². The highest BCUT2D eigenvalue weighted by molar-refractivity contribution is 8.00. The first-order valence-corrected chi connectivity index (χ1v) is 11.1. The van der Waals surface area contributed by atoms with Crippen molar-refractivity contribution in [3.05, 3.63) is 66.2 Å². The molecule has 2 aromatic carbocycles. The highest BCUT2D eigenvalue weighted by Gasteiger charge is 2.47. The van der Waals surface area contributed by atoms with Crippen LogP contribution in [0.2, 0.25) is 0 Å². The van der Waals surface area contributed by atoms with E-state index in [4.69, 9.17) is 0 Å². The SMILES string of the molecule is CC(=O)c1ccc(NC(=O)CSc2ccc(N3C(=O)[C@H]4CC=CC[C@H]4C3=O)cc2)cc1. The predicted octanol–water partition coefficient (Wildman–Crippen LogP) is 4.08. The quantitative estimate of drug-likeness (QED) is 0.321. The number of hydrogen-bond acceptors (Lipinski definition) is 5. The van der Waals surface area contributed by atoms with E-state index in [1.165, 1.54) is 23.6 Å². The minimum Gasteiger partial charge on any atom is -0.325 e. The largest absolute Gasteiger partial charge is 0.325 e. The molecule has 0 aromatic heterocycles. The van der Waals surface area contributed by atoms with Gasteiger partial charge < -0.3 is 5.32 Å². The molecule has 1 fully saturated rings. The standard InChI is InChI=1S/C24H22N2O4S/c1-15(27)16-6-8-17(9-7-16)25-22(28)14-31-19-12-10-18(11-13-19)26-23(29)20-4-2-3-5-21(20)24(26)30/h2-3,6-13,20-21H,4-5,14H2,1H3,(H,25,28)/t20-,21+. The van der Waals surface area contributed by atoms with E-state index >= 15 is 0 Å². The minimum absolute atomic E-state index is 0.0235. The van der Waals surface area contributed by atoms with Crippen molar-refractivity contribution in [1.29, 1.82) is 0 Å². The van der Waals surface area contributed by atoms with Crippen LogP contribution in [0.4, 0.5) is 11.4 Å². The van der Waals surface area contributed by atoms with E-state index in [9.17, 15) is 19.2 Å². The summed E-state index contributed by atoms with van der Waals surface area (Å²) in [5.41, 5.74) is 1.80. The fourth-order valence-corrected chi connectivity index (χ4v) is 4.58. The van der Waals surface area contributed by atoms with Crippen molar-refractivity contribution in [2.45, 2.75) is 24.7 Å². The summed E-state index contributed by atoms with van der Waals surface area (Å²) in [5, 5.41) is 2.80. The Morgan fingerprint density at radius 1 is 0.935 bits per heavy atom. The normalized spacial score (nSPS) is 20.0. The van der Waals surface area contributed by atoms with E-state index in [0.29, 0.717) is 29.8 Å². The van der Waals surface area contributed by atoms with Crippen LogP contribution in [0.1, 0.15) is 30.1 Å². The Kier molecular flexibility index (Phi) is 6.04. The Bertz CT molecular complexity index is 1030. The van der Waals surface area contributed by atoms with Gasteiger partial charge in [-0.1, -0.05) is 12.2 Å². The van der Waals surface area contributed by atoms with Crippen LogP contribution in [0.15, 0.2) is 65.6 Å². The molecule has 4 rings (SSSR count). The maximum atomic E-state index is 12.7. The third kappa shape index (κ3) is 4.46. The van der Waals surface area contributed by atoms with Gasteiger partial charge in [-0.3, -0.25) is 24.1 Å². The number of amides is 3. The summed E-state index contributed by atoms with van der Waals surface area (Å²) in [5.74, 6) is -0.731. The number of fused-ring (bicyclic) bond motifs is 1. The predicted molar refractivity (Wildman–Crippen MR) is 120 cm³/mol. The Morgan fingerprint density at radius 2 is 1.52 bits per heavy atom. The highest BCUT2D eigenvalue weighted by atomic mass is 32.2. The molecular formula is C24H22N2O4S. The van der Waals surface area contributed by atoms with Gasteiger partial charge in [0.1, 0.15) is 0 Å². The second-order valence-corrected chi connectivity index (χ2v) is 8.68. The Hall–Kier alpha value is -3.19. The molecule has 1 aliphatic heterocycles. The molecule has 7 heteroatoms. The van der Waals surface area contributed by atoms with Crippen LogP contribution in [-0.4, -0.2) is 29.3 Å². The molecule has 0 unspecified atom stereocenters. The number of anilines is 2. The monoisotopic (exact) mass is 434 g/mol. The molecule has 1 N–H and O–H groups in total. The van der Waals surface area contributed by atoms with E-state index in [0.717, 1.165) is 4.90 Å². The number of nitrogens with one attached hydrogen (secondary N) is 1.